The maximum absolute atomic E-state index is 12.3. The molecule has 0 heterocycles. The summed E-state index contributed by atoms with van der Waals surface area (Å²) in [5.74, 6) is -0.338. The summed E-state index contributed by atoms with van der Waals surface area (Å²) < 4.78 is 40.9. The zero-order chi connectivity index (χ0) is 16.2. The van der Waals surface area contributed by atoms with E-state index in [0.717, 1.165) is 12.8 Å². The number of rotatable bonds is 6. The number of ether oxygens (including phenoxy) is 1. The highest BCUT2D eigenvalue weighted by atomic mass is 19.4. The van der Waals surface area contributed by atoms with Crippen molar-refractivity contribution in [2.24, 2.45) is 0 Å². The van der Waals surface area contributed by atoms with E-state index in [4.69, 9.17) is 5.11 Å². The third-order valence-electron chi connectivity index (χ3n) is 3.22. The molecule has 22 heavy (non-hydrogen) atoms. The van der Waals surface area contributed by atoms with E-state index < -0.39 is 12.4 Å². The highest BCUT2D eigenvalue weighted by Gasteiger charge is 2.33. The topological polar surface area (TPSA) is 61.8 Å². The summed E-state index contributed by atoms with van der Waals surface area (Å²) >= 11 is 0. The molecule has 0 saturated heterocycles. The van der Waals surface area contributed by atoms with E-state index in [2.05, 4.69) is 10.1 Å². The van der Waals surface area contributed by atoms with Crippen LogP contribution >= 0.6 is 0 Å². The van der Waals surface area contributed by atoms with Crippen LogP contribution in [0.15, 0.2) is 24.3 Å². The van der Waals surface area contributed by atoms with Gasteiger partial charge in [-0.2, -0.15) is 0 Å². The van der Waals surface area contributed by atoms with E-state index >= 15 is 0 Å². The van der Waals surface area contributed by atoms with Gasteiger partial charge in [0.05, 0.1) is 6.61 Å². The number of alkyl halides is 3. The van der Waals surface area contributed by atoms with E-state index in [1.54, 1.807) is 6.07 Å². The van der Waals surface area contributed by atoms with Crippen molar-refractivity contribution in [1.82, 2.24) is 10.2 Å². The number of aliphatic hydroxyl groups excluding tert-OH is 1. The van der Waals surface area contributed by atoms with Crippen LogP contribution in [0.3, 0.4) is 0 Å². The van der Waals surface area contributed by atoms with Crippen LogP contribution in [0.4, 0.5) is 18.0 Å². The number of halogens is 3. The highest BCUT2D eigenvalue weighted by molar-refractivity contribution is 5.75. The second-order valence-electron chi connectivity index (χ2n) is 4.96. The second-order valence-corrected chi connectivity index (χ2v) is 4.96. The Balaban J connectivity index is 1.97. The molecular weight excluding hydrogens is 301 g/mol. The molecule has 0 atom stereocenters. The molecule has 2 rings (SSSR count). The molecule has 1 fully saturated rings. The van der Waals surface area contributed by atoms with E-state index in [1.165, 1.54) is 23.1 Å². The summed E-state index contributed by atoms with van der Waals surface area (Å²) in [5.41, 5.74) is 0.230. The van der Waals surface area contributed by atoms with Gasteiger partial charge in [0.15, 0.2) is 0 Å². The molecule has 8 heteroatoms. The Morgan fingerprint density at radius 1 is 1.36 bits per heavy atom. The largest absolute Gasteiger partial charge is 0.573 e. The van der Waals surface area contributed by atoms with Gasteiger partial charge in [0.2, 0.25) is 0 Å². The normalized spacial score (nSPS) is 14.5. The predicted octanol–water partition coefficient (Wildman–Crippen LogP) is 2.25. The van der Waals surface area contributed by atoms with Crippen LogP contribution in [0.2, 0.25) is 0 Å². The Labute approximate surface area is 125 Å². The molecule has 0 aliphatic heterocycles. The van der Waals surface area contributed by atoms with Crippen molar-refractivity contribution < 1.29 is 27.8 Å². The number of amides is 2. The van der Waals surface area contributed by atoms with E-state index in [-0.39, 0.29) is 37.1 Å². The summed E-state index contributed by atoms with van der Waals surface area (Å²) in [5, 5.41) is 11.5. The van der Waals surface area contributed by atoms with Crippen molar-refractivity contribution in [3.05, 3.63) is 29.8 Å². The third kappa shape index (κ3) is 4.80. The number of carbonyl (C=O) groups is 1. The van der Waals surface area contributed by atoms with Gasteiger partial charge in [-0.3, -0.25) is 0 Å². The molecular formula is C14H17F3N2O3. The van der Waals surface area contributed by atoms with E-state index in [0.29, 0.717) is 0 Å². The van der Waals surface area contributed by atoms with Gasteiger partial charge in [-0.05, 0) is 18.9 Å². The molecule has 0 spiro atoms. The molecule has 122 valence electrons. The van der Waals surface area contributed by atoms with Crippen molar-refractivity contribution in [2.75, 3.05) is 13.2 Å². The number of hydrogen-bond donors (Lipinski definition) is 2. The molecule has 5 nitrogen and oxygen atoms in total. The SMILES string of the molecule is O=C(NCc1ccccc1OC(F)(F)F)N(CCO)C1CC1. The molecule has 1 aliphatic rings. The van der Waals surface area contributed by atoms with Gasteiger partial charge in [-0.25, -0.2) is 4.79 Å². The zero-order valence-corrected chi connectivity index (χ0v) is 11.8. The lowest BCUT2D eigenvalue weighted by Crippen LogP contribution is -2.42. The zero-order valence-electron chi connectivity index (χ0n) is 11.8. The molecule has 1 aromatic rings. The van der Waals surface area contributed by atoms with Gasteiger partial charge < -0.3 is 20.1 Å². The second kappa shape index (κ2) is 6.87. The molecule has 0 radical (unpaired) electrons. The van der Waals surface area contributed by atoms with Gasteiger partial charge in [-0.15, -0.1) is 13.2 Å². The fraction of sp³-hybridized carbons (Fsp3) is 0.500. The number of benzene rings is 1. The highest BCUT2D eigenvalue weighted by Crippen LogP contribution is 2.28. The van der Waals surface area contributed by atoms with Crippen LogP contribution in [0, 0.1) is 0 Å². The van der Waals surface area contributed by atoms with Gasteiger partial charge in [-0.1, -0.05) is 18.2 Å². The number of nitrogens with zero attached hydrogens (tertiary/aromatic N) is 1. The van der Waals surface area contributed by atoms with Crippen molar-refractivity contribution >= 4 is 6.03 Å². The quantitative estimate of drug-likeness (QED) is 0.846. The Hall–Kier alpha value is -1.96. The molecule has 0 aromatic heterocycles. The number of carbonyl (C=O) groups excluding carboxylic acids is 1. The van der Waals surface area contributed by atoms with Crippen LogP contribution < -0.4 is 10.1 Å². The fourth-order valence-corrected chi connectivity index (χ4v) is 2.09. The molecule has 2 N–H and O–H groups in total. The first-order valence-electron chi connectivity index (χ1n) is 6.89. The minimum atomic E-state index is -4.78. The van der Waals surface area contributed by atoms with Crippen LogP contribution in [-0.4, -0.2) is 41.6 Å². The van der Waals surface area contributed by atoms with Gasteiger partial charge in [0.25, 0.3) is 0 Å². The molecule has 1 aromatic carbocycles. The van der Waals surface area contributed by atoms with Crippen LogP contribution in [0.1, 0.15) is 18.4 Å². The molecule has 2 amide bonds. The Morgan fingerprint density at radius 2 is 2.05 bits per heavy atom. The van der Waals surface area contributed by atoms with Crippen molar-refractivity contribution in [3.8, 4) is 5.75 Å². The molecule has 0 unspecified atom stereocenters. The summed E-state index contributed by atoms with van der Waals surface area (Å²) in [6.07, 6.45) is -3.03. The smallest absolute Gasteiger partial charge is 0.405 e. The number of nitrogens with one attached hydrogen (secondary N) is 1. The first kappa shape index (κ1) is 16.4. The Bertz CT molecular complexity index is 518. The van der Waals surface area contributed by atoms with E-state index in [1.807, 2.05) is 0 Å². The minimum Gasteiger partial charge on any atom is -0.405 e. The van der Waals surface area contributed by atoms with Gasteiger partial charge in [0, 0.05) is 24.7 Å². The number of para-hydroxylation sites is 1. The van der Waals surface area contributed by atoms with Gasteiger partial charge >= 0.3 is 12.4 Å². The standard InChI is InChI=1S/C14H17F3N2O3/c15-14(16,17)22-12-4-2-1-3-10(12)9-18-13(21)19(7-8-20)11-5-6-11/h1-4,11,20H,5-9H2,(H,18,21). The van der Waals surface area contributed by atoms with Crippen molar-refractivity contribution in [3.63, 3.8) is 0 Å². The monoisotopic (exact) mass is 318 g/mol. The summed E-state index contributed by atoms with van der Waals surface area (Å²) in [6, 6.07) is 5.34. The maximum Gasteiger partial charge on any atom is 0.573 e. The average molecular weight is 318 g/mol. The number of aliphatic hydroxyl groups is 1. The fourth-order valence-electron chi connectivity index (χ4n) is 2.09. The summed E-state index contributed by atoms with van der Waals surface area (Å²) in [6.45, 7) is -0.0331. The van der Waals surface area contributed by atoms with Crippen LogP contribution in [0.25, 0.3) is 0 Å². The lowest BCUT2D eigenvalue weighted by Gasteiger charge is -2.22. The van der Waals surface area contributed by atoms with E-state index in [9.17, 15) is 18.0 Å². The Kier molecular flexibility index (Phi) is 5.12. The average Bonchev–Trinajstić information content (AvgIpc) is 3.26. The van der Waals surface area contributed by atoms with Crippen molar-refractivity contribution in [2.45, 2.75) is 31.8 Å². The van der Waals surface area contributed by atoms with Gasteiger partial charge in [0.1, 0.15) is 5.75 Å². The van der Waals surface area contributed by atoms with Crippen molar-refractivity contribution in [1.29, 1.82) is 0 Å². The number of urea groups is 1. The molecule has 0 bridgehead atoms. The summed E-state index contributed by atoms with van der Waals surface area (Å²) in [7, 11) is 0. The lowest BCUT2D eigenvalue weighted by atomic mass is 10.2. The molecule has 1 saturated carbocycles. The predicted molar refractivity (Wildman–Crippen MR) is 72.2 cm³/mol. The molecule has 1 aliphatic carbocycles. The third-order valence-corrected chi connectivity index (χ3v) is 3.22. The first-order chi connectivity index (χ1) is 10.4. The minimum absolute atomic E-state index is 0.0836. The maximum atomic E-state index is 12.3. The Morgan fingerprint density at radius 3 is 2.64 bits per heavy atom. The van der Waals surface area contributed by atoms with Crippen LogP contribution in [-0.2, 0) is 6.54 Å². The first-order valence-corrected chi connectivity index (χ1v) is 6.89. The number of hydrogen-bond acceptors (Lipinski definition) is 3. The van der Waals surface area contributed by atoms with Crippen LogP contribution in [0.5, 0.6) is 5.75 Å². The lowest BCUT2D eigenvalue weighted by molar-refractivity contribution is -0.274. The summed E-state index contributed by atoms with van der Waals surface area (Å²) in [4.78, 5) is 13.5.